The van der Waals surface area contributed by atoms with Gasteiger partial charge in [-0.3, -0.25) is 4.98 Å². The number of aromatic nitrogens is 2. The molecule has 4 rings (SSSR count). The molecule has 0 aliphatic carbocycles. The van der Waals surface area contributed by atoms with Crippen molar-refractivity contribution in [3.05, 3.63) is 100 Å². The third-order valence-corrected chi connectivity index (χ3v) is 6.29. The number of ether oxygens (including phenoxy) is 1. The standard InChI is InChI=1S/C27H26ClN3OS/c1-18-12-19(2)26(20(3)13-18)32-27-25(33-31(4)17-21-8-6-5-7-9-21)11-10-24(30-27)22-14-23(28)16-29-15-22/h5-16H,17H2,1-4H3. The van der Waals surface area contributed by atoms with Crippen molar-refractivity contribution in [2.75, 3.05) is 7.05 Å². The predicted octanol–water partition coefficient (Wildman–Crippen LogP) is 7.65. The Labute approximate surface area is 204 Å². The third kappa shape index (κ3) is 5.93. The summed E-state index contributed by atoms with van der Waals surface area (Å²) in [5, 5.41) is 0.572. The van der Waals surface area contributed by atoms with Crippen molar-refractivity contribution in [2.24, 2.45) is 0 Å². The second-order valence-corrected chi connectivity index (χ2v) is 9.77. The van der Waals surface area contributed by atoms with E-state index < -0.39 is 0 Å². The molecule has 2 heterocycles. The summed E-state index contributed by atoms with van der Waals surface area (Å²) in [6, 6.07) is 20.5. The summed E-state index contributed by atoms with van der Waals surface area (Å²) in [5.74, 6) is 1.40. The number of rotatable bonds is 7. The van der Waals surface area contributed by atoms with Gasteiger partial charge < -0.3 is 4.74 Å². The van der Waals surface area contributed by atoms with E-state index in [1.807, 2.05) is 24.3 Å². The van der Waals surface area contributed by atoms with E-state index in [1.54, 1.807) is 24.3 Å². The smallest absolute Gasteiger partial charge is 0.234 e. The molecule has 168 valence electrons. The Kier molecular flexibility index (Phi) is 7.33. The minimum atomic E-state index is 0.562. The monoisotopic (exact) mass is 475 g/mol. The number of hydrogen-bond acceptors (Lipinski definition) is 5. The summed E-state index contributed by atoms with van der Waals surface area (Å²) in [7, 11) is 2.07. The second-order valence-electron chi connectivity index (χ2n) is 8.08. The van der Waals surface area contributed by atoms with Crippen molar-refractivity contribution in [1.82, 2.24) is 14.3 Å². The van der Waals surface area contributed by atoms with Gasteiger partial charge in [0.15, 0.2) is 0 Å². The lowest BCUT2D eigenvalue weighted by Crippen LogP contribution is -2.09. The zero-order valence-electron chi connectivity index (χ0n) is 19.2. The molecule has 0 aliphatic heterocycles. The van der Waals surface area contributed by atoms with Gasteiger partial charge in [-0.2, -0.15) is 0 Å². The SMILES string of the molecule is Cc1cc(C)c(Oc2nc(-c3cncc(Cl)c3)ccc2SN(C)Cc2ccccc2)c(C)c1. The van der Waals surface area contributed by atoms with Crippen LogP contribution < -0.4 is 4.74 Å². The van der Waals surface area contributed by atoms with Crippen molar-refractivity contribution >= 4 is 23.5 Å². The summed E-state index contributed by atoms with van der Waals surface area (Å²) >= 11 is 7.78. The fraction of sp³-hybridized carbons (Fsp3) is 0.185. The van der Waals surface area contributed by atoms with Crippen molar-refractivity contribution in [2.45, 2.75) is 32.2 Å². The molecule has 6 heteroatoms. The van der Waals surface area contributed by atoms with Gasteiger partial charge in [-0.25, -0.2) is 9.29 Å². The lowest BCUT2D eigenvalue weighted by atomic mass is 10.1. The minimum absolute atomic E-state index is 0.562. The molecule has 0 saturated heterocycles. The number of nitrogens with zero attached hydrogens (tertiary/aromatic N) is 3. The van der Waals surface area contributed by atoms with Crippen LogP contribution in [0, 0.1) is 20.8 Å². The van der Waals surface area contributed by atoms with Crippen LogP contribution in [0.4, 0.5) is 0 Å². The van der Waals surface area contributed by atoms with Gasteiger partial charge in [0.05, 0.1) is 15.6 Å². The highest BCUT2D eigenvalue weighted by Gasteiger charge is 2.16. The highest BCUT2D eigenvalue weighted by Crippen LogP contribution is 2.37. The Hall–Kier alpha value is -2.86. The van der Waals surface area contributed by atoms with Crippen LogP contribution in [0.25, 0.3) is 11.3 Å². The molecule has 0 saturated carbocycles. The maximum Gasteiger partial charge on any atom is 0.234 e. The lowest BCUT2D eigenvalue weighted by Gasteiger charge is -2.19. The highest BCUT2D eigenvalue weighted by molar-refractivity contribution is 7.97. The molecule has 0 aliphatic rings. The van der Waals surface area contributed by atoms with Gasteiger partial charge in [-0.15, -0.1) is 0 Å². The molecule has 0 N–H and O–H groups in total. The molecular weight excluding hydrogens is 450 g/mol. The topological polar surface area (TPSA) is 38.3 Å². The van der Waals surface area contributed by atoms with Crippen LogP contribution in [0.5, 0.6) is 11.6 Å². The highest BCUT2D eigenvalue weighted by atomic mass is 35.5. The van der Waals surface area contributed by atoms with E-state index in [0.717, 1.165) is 39.6 Å². The van der Waals surface area contributed by atoms with E-state index in [9.17, 15) is 0 Å². The van der Waals surface area contributed by atoms with Crippen LogP contribution in [0.1, 0.15) is 22.3 Å². The number of benzene rings is 2. The predicted molar refractivity (Wildman–Crippen MR) is 137 cm³/mol. The van der Waals surface area contributed by atoms with Gasteiger partial charge in [0.25, 0.3) is 0 Å². The maximum atomic E-state index is 6.46. The van der Waals surface area contributed by atoms with Gasteiger partial charge in [0.2, 0.25) is 5.88 Å². The molecule has 0 atom stereocenters. The van der Waals surface area contributed by atoms with E-state index in [1.165, 1.54) is 11.1 Å². The lowest BCUT2D eigenvalue weighted by molar-refractivity contribution is 0.442. The summed E-state index contributed by atoms with van der Waals surface area (Å²) in [6.45, 7) is 7.02. The average molecular weight is 476 g/mol. The van der Waals surface area contributed by atoms with Gasteiger partial charge >= 0.3 is 0 Å². The fourth-order valence-electron chi connectivity index (χ4n) is 3.75. The molecule has 4 aromatic rings. The van der Waals surface area contributed by atoms with Crippen molar-refractivity contribution < 1.29 is 4.74 Å². The molecule has 2 aromatic carbocycles. The van der Waals surface area contributed by atoms with E-state index in [2.05, 4.69) is 73.5 Å². The van der Waals surface area contributed by atoms with Crippen LogP contribution in [-0.2, 0) is 6.54 Å². The first-order valence-electron chi connectivity index (χ1n) is 10.7. The summed E-state index contributed by atoms with van der Waals surface area (Å²) in [5.41, 5.74) is 6.22. The summed E-state index contributed by atoms with van der Waals surface area (Å²) in [4.78, 5) is 10.0. The maximum absolute atomic E-state index is 6.46. The van der Waals surface area contributed by atoms with Crippen LogP contribution >= 0.6 is 23.5 Å². The zero-order chi connectivity index (χ0) is 23.4. The van der Waals surface area contributed by atoms with Crippen molar-refractivity contribution in [1.29, 1.82) is 0 Å². The Bertz CT molecular complexity index is 1240. The van der Waals surface area contributed by atoms with Crippen LogP contribution in [0.2, 0.25) is 5.02 Å². The normalized spacial score (nSPS) is 11.1. The van der Waals surface area contributed by atoms with Crippen molar-refractivity contribution in [3.8, 4) is 22.9 Å². The molecule has 0 radical (unpaired) electrons. The van der Waals surface area contributed by atoms with Crippen LogP contribution in [0.15, 0.2) is 78.0 Å². The van der Waals surface area contributed by atoms with Gasteiger partial charge in [0, 0.05) is 24.5 Å². The fourth-order valence-corrected chi connectivity index (χ4v) is 4.77. The van der Waals surface area contributed by atoms with Gasteiger partial charge in [0.1, 0.15) is 5.75 Å². The first-order chi connectivity index (χ1) is 15.9. The van der Waals surface area contributed by atoms with E-state index in [4.69, 9.17) is 21.3 Å². The second kappa shape index (κ2) is 10.4. The number of halogens is 1. The quantitative estimate of drug-likeness (QED) is 0.256. The largest absolute Gasteiger partial charge is 0.437 e. The molecular formula is C27H26ClN3OS. The molecule has 0 bridgehead atoms. The molecule has 0 unspecified atom stereocenters. The molecule has 0 spiro atoms. The van der Waals surface area contributed by atoms with Crippen LogP contribution in [0.3, 0.4) is 0 Å². The Morgan fingerprint density at radius 2 is 1.67 bits per heavy atom. The Balaban J connectivity index is 1.69. The van der Waals surface area contributed by atoms with E-state index in [0.29, 0.717) is 10.9 Å². The Morgan fingerprint density at radius 3 is 2.36 bits per heavy atom. The Morgan fingerprint density at radius 1 is 0.939 bits per heavy atom. The number of pyridine rings is 2. The molecule has 4 nitrogen and oxygen atoms in total. The summed E-state index contributed by atoms with van der Waals surface area (Å²) in [6.07, 6.45) is 3.37. The van der Waals surface area contributed by atoms with Gasteiger partial charge in [-0.05, 0) is 74.7 Å². The van der Waals surface area contributed by atoms with E-state index >= 15 is 0 Å². The number of aryl methyl sites for hydroxylation is 3. The van der Waals surface area contributed by atoms with Crippen LogP contribution in [-0.4, -0.2) is 21.3 Å². The number of hydrogen-bond donors (Lipinski definition) is 0. The zero-order valence-corrected chi connectivity index (χ0v) is 20.7. The van der Waals surface area contributed by atoms with Gasteiger partial charge in [-0.1, -0.05) is 59.6 Å². The third-order valence-electron chi connectivity index (χ3n) is 5.13. The van der Waals surface area contributed by atoms with Crippen molar-refractivity contribution in [3.63, 3.8) is 0 Å². The average Bonchev–Trinajstić information content (AvgIpc) is 2.77. The van der Waals surface area contributed by atoms with E-state index in [-0.39, 0.29) is 0 Å². The minimum Gasteiger partial charge on any atom is -0.437 e. The molecule has 2 aromatic heterocycles. The molecule has 33 heavy (non-hydrogen) atoms. The summed E-state index contributed by atoms with van der Waals surface area (Å²) < 4.78 is 8.63. The molecule has 0 fully saturated rings. The first-order valence-corrected chi connectivity index (χ1v) is 11.8. The molecule has 0 amide bonds. The first kappa shape index (κ1) is 23.3.